The fourth-order valence-corrected chi connectivity index (χ4v) is 4.81. The second kappa shape index (κ2) is 6.73. The molecule has 1 fully saturated rings. The molecule has 0 aromatic rings. The molecule has 24 heavy (non-hydrogen) atoms. The van der Waals surface area contributed by atoms with Crippen molar-refractivity contribution < 1.29 is 19.5 Å². The van der Waals surface area contributed by atoms with Gasteiger partial charge in [-0.25, -0.2) is 4.79 Å². The van der Waals surface area contributed by atoms with Crippen LogP contribution in [0.3, 0.4) is 0 Å². The molecular formula is C15H16BrN3O4S. The summed E-state index contributed by atoms with van der Waals surface area (Å²) in [5, 5.41) is 11.5. The maximum Gasteiger partial charge on any atom is 0.353 e. The zero-order valence-electron chi connectivity index (χ0n) is 12.6. The Bertz CT molecular complexity index is 703. The molecule has 4 N–H and O–H groups in total. The van der Waals surface area contributed by atoms with E-state index in [2.05, 4.69) is 21.2 Å². The van der Waals surface area contributed by atoms with Crippen LogP contribution in [0.1, 0.15) is 12.8 Å². The lowest BCUT2D eigenvalue weighted by Gasteiger charge is -2.49. The van der Waals surface area contributed by atoms with Crippen LogP contribution in [0.2, 0.25) is 0 Å². The normalized spacial score (nSPS) is 27.2. The summed E-state index contributed by atoms with van der Waals surface area (Å²) in [6.45, 7) is 0. The number of aliphatic carboxylic acids is 1. The second-order valence-corrected chi connectivity index (χ2v) is 7.68. The molecule has 0 bridgehead atoms. The van der Waals surface area contributed by atoms with Crippen molar-refractivity contribution in [2.45, 2.75) is 30.3 Å². The predicted molar refractivity (Wildman–Crippen MR) is 93.0 cm³/mol. The van der Waals surface area contributed by atoms with E-state index in [1.165, 1.54) is 16.7 Å². The zero-order chi connectivity index (χ0) is 17.4. The molecule has 0 aromatic carbocycles. The number of fused-ring (bicyclic) bond motifs is 1. The van der Waals surface area contributed by atoms with E-state index < -0.39 is 35.2 Å². The molecule has 0 saturated carbocycles. The maximum absolute atomic E-state index is 12.3. The lowest BCUT2D eigenvalue weighted by molar-refractivity contribution is -0.150. The first-order valence-electron chi connectivity index (χ1n) is 7.38. The molecule has 1 aliphatic carbocycles. The van der Waals surface area contributed by atoms with Gasteiger partial charge in [0.2, 0.25) is 5.91 Å². The van der Waals surface area contributed by atoms with E-state index >= 15 is 0 Å². The Labute approximate surface area is 151 Å². The number of halogens is 1. The first kappa shape index (κ1) is 17.2. The topological polar surface area (TPSA) is 113 Å². The van der Waals surface area contributed by atoms with Gasteiger partial charge in [-0.15, -0.1) is 11.8 Å². The van der Waals surface area contributed by atoms with Crippen LogP contribution in [0.5, 0.6) is 0 Å². The Morgan fingerprint density at radius 3 is 2.83 bits per heavy atom. The number of nitrogens with one attached hydrogen (secondary N) is 1. The minimum atomic E-state index is -1.17. The highest BCUT2D eigenvalue weighted by molar-refractivity contribution is 9.11. The molecule has 3 aliphatic rings. The Morgan fingerprint density at radius 1 is 1.46 bits per heavy atom. The average Bonchev–Trinajstić information content (AvgIpc) is 2.59. The highest BCUT2D eigenvalue weighted by Gasteiger charge is 2.54. The van der Waals surface area contributed by atoms with E-state index in [0.29, 0.717) is 16.7 Å². The lowest BCUT2D eigenvalue weighted by atomic mass is 9.97. The van der Waals surface area contributed by atoms with Crippen molar-refractivity contribution >= 4 is 45.5 Å². The molecule has 1 saturated heterocycles. The Morgan fingerprint density at radius 2 is 2.21 bits per heavy atom. The van der Waals surface area contributed by atoms with Gasteiger partial charge < -0.3 is 16.2 Å². The monoisotopic (exact) mass is 413 g/mol. The third-order valence-corrected chi connectivity index (χ3v) is 6.45. The van der Waals surface area contributed by atoms with Gasteiger partial charge in [-0.3, -0.25) is 14.5 Å². The van der Waals surface area contributed by atoms with E-state index in [1.54, 1.807) is 0 Å². The van der Waals surface area contributed by atoms with E-state index in [4.69, 9.17) is 5.73 Å². The van der Waals surface area contributed by atoms with Crippen molar-refractivity contribution in [3.63, 3.8) is 0 Å². The number of carboxylic acids is 1. The van der Waals surface area contributed by atoms with E-state index in [9.17, 15) is 19.5 Å². The van der Waals surface area contributed by atoms with Gasteiger partial charge in [0.1, 0.15) is 23.2 Å². The summed E-state index contributed by atoms with van der Waals surface area (Å²) in [5.74, 6) is -1.58. The molecule has 0 aromatic heterocycles. The standard InChI is InChI=1S/C15H16BrN3O4S/c16-8-6-24-14-10(13(21)19(14)11(8)15(22)23)18-12(20)9(17)7-4-2-1-3-5-7/h1-2,5,9-10,14H,3-4,6,17H2,(H,18,20)(H,22,23)/t9?,10-,14+/m1/s1. The smallest absolute Gasteiger partial charge is 0.353 e. The van der Waals surface area contributed by atoms with Crippen LogP contribution in [-0.4, -0.2) is 51.0 Å². The number of thioether (sulfide) groups is 1. The first-order chi connectivity index (χ1) is 11.4. The molecular weight excluding hydrogens is 398 g/mol. The maximum atomic E-state index is 12.3. The quantitative estimate of drug-likeness (QED) is 0.461. The number of carboxylic acid groups (broad SMARTS) is 1. The lowest BCUT2D eigenvalue weighted by Crippen LogP contribution is -2.71. The number of β-lactam (4-membered cyclic amide) rings is 1. The van der Waals surface area contributed by atoms with Crippen molar-refractivity contribution in [3.8, 4) is 0 Å². The SMILES string of the molecule is NC(C(=O)N[C@@H]1C(=O)N2C(C(=O)O)=C(Br)CS[C@@H]12)C1=CCC=CC1. The van der Waals surface area contributed by atoms with Gasteiger partial charge in [-0.05, 0) is 18.4 Å². The fourth-order valence-electron chi connectivity index (χ4n) is 2.87. The molecule has 7 nitrogen and oxygen atoms in total. The highest BCUT2D eigenvalue weighted by atomic mass is 79.9. The Kier molecular flexibility index (Phi) is 4.84. The van der Waals surface area contributed by atoms with Gasteiger partial charge in [0.15, 0.2) is 0 Å². The first-order valence-corrected chi connectivity index (χ1v) is 9.22. The van der Waals surface area contributed by atoms with Crippen LogP contribution >= 0.6 is 27.7 Å². The summed E-state index contributed by atoms with van der Waals surface area (Å²) >= 11 is 4.59. The largest absolute Gasteiger partial charge is 0.477 e. The number of rotatable bonds is 4. The number of hydrogen-bond acceptors (Lipinski definition) is 5. The van der Waals surface area contributed by atoms with E-state index in [-0.39, 0.29) is 5.70 Å². The van der Waals surface area contributed by atoms with Crippen LogP contribution < -0.4 is 11.1 Å². The molecule has 0 spiro atoms. The average molecular weight is 414 g/mol. The van der Waals surface area contributed by atoms with Crippen molar-refractivity contribution in [1.29, 1.82) is 0 Å². The highest BCUT2D eigenvalue weighted by Crippen LogP contribution is 2.41. The Hall–Kier alpha value is -1.58. The third-order valence-electron chi connectivity index (χ3n) is 4.14. The molecule has 3 atom stereocenters. The van der Waals surface area contributed by atoms with Gasteiger partial charge in [0.05, 0.1) is 0 Å². The molecule has 2 aliphatic heterocycles. The molecule has 2 heterocycles. The van der Waals surface area contributed by atoms with Crippen LogP contribution in [0.15, 0.2) is 34.0 Å². The van der Waals surface area contributed by atoms with Gasteiger partial charge in [-0.2, -0.15) is 0 Å². The van der Waals surface area contributed by atoms with Crippen LogP contribution in [0.4, 0.5) is 0 Å². The Balaban J connectivity index is 1.68. The van der Waals surface area contributed by atoms with Gasteiger partial charge in [0, 0.05) is 10.2 Å². The fraction of sp³-hybridized carbons (Fsp3) is 0.400. The number of carbonyl (C=O) groups excluding carboxylic acids is 2. The van der Waals surface area contributed by atoms with E-state index in [1.807, 2.05) is 18.2 Å². The van der Waals surface area contributed by atoms with Crippen molar-refractivity contribution in [3.05, 3.63) is 34.0 Å². The van der Waals surface area contributed by atoms with Gasteiger partial charge in [-0.1, -0.05) is 34.2 Å². The molecule has 3 rings (SSSR count). The number of allylic oxidation sites excluding steroid dienone is 3. The van der Waals surface area contributed by atoms with Crippen molar-refractivity contribution in [2.75, 3.05) is 5.75 Å². The number of amides is 2. The molecule has 128 valence electrons. The van der Waals surface area contributed by atoms with Crippen LogP contribution in [0, 0.1) is 0 Å². The second-order valence-electron chi connectivity index (χ2n) is 5.62. The van der Waals surface area contributed by atoms with Crippen LogP contribution in [-0.2, 0) is 14.4 Å². The zero-order valence-corrected chi connectivity index (χ0v) is 15.0. The van der Waals surface area contributed by atoms with Crippen molar-refractivity contribution in [2.24, 2.45) is 5.73 Å². The van der Waals surface area contributed by atoms with E-state index in [0.717, 1.165) is 12.0 Å². The minimum absolute atomic E-state index is 0.0568. The number of carbonyl (C=O) groups is 3. The summed E-state index contributed by atoms with van der Waals surface area (Å²) in [6.07, 6.45) is 7.23. The van der Waals surface area contributed by atoms with Gasteiger partial charge in [0.25, 0.3) is 5.91 Å². The van der Waals surface area contributed by atoms with Crippen LogP contribution in [0.25, 0.3) is 0 Å². The third kappa shape index (κ3) is 2.91. The molecule has 2 amide bonds. The number of hydrogen-bond donors (Lipinski definition) is 3. The molecule has 0 radical (unpaired) electrons. The summed E-state index contributed by atoms with van der Waals surface area (Å²) in [5.41, 5.74) is 6.74. The summed E-state index contributed by atoms with van der Waals surface area (Å²) in [6, 6.07) is -1.55. The van der Waals surface area contributed by atoms with Gasteiger partial charge >= 0.3 is 5.97 Å². The summed E-state index contributed by atoms with van der Waals surface area (Å²) in [4.78, 5) is 37.2. The number of nitrogens with zero attached hydrogens (tertiary/aromatic N) is 1. The number of nitrogens with two attached hydrogens (primary N) is 1. The van der Waals surface area contributed by atoms with Crippen molar-refractivity contribution in [1.82, 2.24) is 10.2 Å². The summed E-state index contributed by atoms with van der Waals surface area (Å²) in [7, 11) is 0. The summed E-state index contributed by atoms with van der Waals surface area (Å²) < 4.78 is 0.463. The predicted octanol–water partition coefficient (Wildman–Crippen LogP) is 0.681. The molecule has 9 heteroatoms. The molecule has 1 unspecified atom stereocenters. The minimum Gasteiger partial charge on any atom is -0.477 e.